The van der Waals surface area contributed by atoms with Crippen LogP contribution in [0.3, 0.4) is 0 Å². The molecule has 5 nitrogen and oxygen atoms in total. The van der Waals surface area contributed by atoms with Crippen LogP contribution in [0.1, 0.15) is 13.3 Å². The van der Waals surface area contributed by atoms with Gasteiger partial charge in [0.2, 0.25) is 0 Å². The van der Waals surface area contributed by atoms with Gasteiger partial charge in [-0.3, -0.25) is 4.99 Å². The predicted octanol–water partition coefficient (Wildman–Crippen LogP) is 3.79. The van der Waals surface area contributed by atoms with Gasteiger partial charge in [-0.05, 0) is 55.8 Å². The molecule has 0 aliphatic heterocycles. The van der Waals surface area contributed by atoms with Crippen molar-refractivity contribution in [1.29, 1.82) is 0 Å². The van der Waals surface area contributed by atoms with Gasteiger partial charge in [-0.15, -0.1) is 0 Å². The number of aliphatic hydroxyl groups is 1. The molecule has 1 heterocycles. The van der Waals surface area contributed by atoms with Gasteiger partial charge in [0, 0.05) is 30.2 Å². The van der Waals surface area contributed by atoms with Crippen molar-refractivity contribution in [2.45, 2.75) is 13.3 Å². The van der Waals surface area contributed by atoms with E-state index in [4.69, 9.17) is 19.0 Å². The number of hydrogen-bond donors (Lipinski definition) is 1. The molecule has 2 aromatic carbocycles. The zero-order chi connectivity index (χ0) is 18.4. The summed E-state index contributed by atoms with van der Waals surface area (Å²) in [4.78, 5) is 4.65. The molecule has 0 radical (unpaired) electrons. The Morgan fingerprint density at radius 3 is 2.50 bits per heavy atom. The van der Waals surface area contributed by atoms with Crippen LogP contribution in [0.15, 0.2) is 57.9 Å². The number of rotatable bonds is 7. The topological polar surface area (TPSA) is 64.2 Å². The first-order valence-corrected chi connectivity index (χ1v) is 8.71. The number of fused-ring (bicyclic) bond motifs is 1. The smallest absolute Gasteiger partial charge is 0.137 e. The summed E-state index contributed by atoms with van der Waals surface area (Å²) < 4.78 is 16.9. The van der Waals surface area contributed by atoms with Gasteiger partial charge < -0.3 is 19.0 Å². The van der Waals surface area contributed by atoms with Crippen molar-refractivity contribution in [2.75, 3.05) is 26.9 Å². The van der Waals surface area contributed by atoms with E-state index in [2.05, 4.69) is 4.99 Å². The highest BCUT2D eigenvalue weighted by Crippen LogP contribution is 2.26. The first-order valence-electron chi connectivity index (χ1n) is 8.71. The van der Waals surface area contributed by atoms with Crippen molar-refractivity contribution in [3.63, 3.8) is 0 Å². The normalized spacial score (nSPS) is 11.7. The van der Waals surface area contributed by atoms with Gasteiger partial charge in [0.1, 0.15) is 22.8 Å². The minimum Gasteiger partial charge on any atom is -0.497 e. The number of methoxy groups -OCH3 is 1. The molecule has 0 amide bonds. The SMILES string of the molecule is CCOc1ccc2oc(-c3ccc(OC)cc3)cc(=NCCCO)c2c1. The van der Waals surface area contributed by atoms with E-state index in [1.807, 2.05) is 55.5 Å². The third-order valence-electron chi connectivity index (χ3n) is 4.00. The molecule has 26 heavy (non-hydrogen) atoms. The third-order valence-corrected chi connectivity index (χ3v) is 4.00. The molecule has 3 aromatic rings. The summed E-state index contributed by atoms with van der Waals surface area (Å²) in [5, 5.41) is 10.8. The Morgan fingerprint density at radius 1 is 1.04 bits per heavy atom. The minimum atomic E-state index is 0.119. The van der Waals surface area contributed by atoms with Crippen LogP contribution in [0, 0.1) is 0 Å². The Hall–Kier alpha value is -2.79. The Bertz CT molecular complexity index is 929. The van der Waals surface area contributed by atoms with E-state index in [-0.39, 0.29) is 6.61 Å². The molecule has 5 heteroatoms. The molecule has 136 valence electrons. The summed E-state index contributed by atoms with van der Waals surface area (Å²) in [7, 11) is 1.64. The van der Waals surface area contributed by atoms with E-state index in [1.54, 1.807) is 7.11 Å². The Kier molecular flexibility index (Phi) is 5.92. The molecule has 0 aliphatic carbocycles. The highest BCUT2D eigenvalue weighted by molar-refractivity contribution is 5.80. The molecule has 0 atom stereocenters. The van der Waals surface area contributed by atoms with Crippen molar-refractivity contribution in [3.8, 4) is 22.8 Å². The molecule has 1 N–H and O–H groups in total. The Labute approximate surface area is 152 Å². The molecule has 0 fully saturated rings. The zero-order valence-corrected chi connectivity index (χ0v) is 15.1. The molecule has 0 bridgehead atoms. The Morgan fingerprint density at radius 2 is 1.81 bits per heavy atom. The largest absolute Gasteiger partial charge is 0.497 e. The van der Waals surface area contributed by atoms with Crippen molar-refractivity contribution in [1.82, 2.24) is 0 Å². The average molecular weight is 353 g/mol. The van der Waals surface area contributed by atoms with Crippen molar-refractivity contribution >= 4 is 11.0 Å². The lowest BCUT2D eigenvalue weighted by Crippen LogP contribution is -2.06. The molecule has 0 unspecified atom stereocenters. The van der Waals surface area contributed by atoms with Crippen LogP contribution >= 0.6 is 0 Å². The fraction of sp³-hybridized carbons (Fsp3) is 0.286. The fourth-order valence-corrected chi connectivity index (χ4v) is 2.70. The second-order valence-corrected chi connectivity index (χ2v) is 5.77. The summed E-state index contributed by atoms with van der Waals surface area (Å²) >= 11 is 0. The number of hydrogen-bond acceptors (Lipinski definition) is 5. The van der Waals surface area contributed by atoms with Gasteiger partial charge in [0.05, 0.1) is 19.1 Å². The fourth-order valence-electron chi connectivity index (χ4n) is 2.70. The standard InChI is InChI=1S/C21H23NO4/c1-3-25-17-9-10-20-18(13-17)19(22-11-4-12-23)14-21(26-20)15-5-7-16(24-2)8-6-15/h5-10,13-14,23H,3-4,11-12H2,1-2H3. The summed E-state index contributed by atoms with van der Waals surface area (Å²) in [6.45, 7) is 3.22. The van der Waals surface area contributed by atoms with Crippen LogP contribution in [0.2, 0.25) is 0 Å². The van der Waals surface area contributed by atoms with Crippen LogP contribution in [0.25, 0.3) is 22.3 Å². The molecule has 0 saturated carbocycles. The molecular weight excluding hydrogens is 330 g/mol. The second kappa shape index (κ2) is 8.54. The third kappa shape index (κ3) is 4.06. The van der Waals surface area contributed by atoms with Crippen LogP contribution in [0.5, 0.6) is 11.5 Å². The van der Waals surface area contributed by atoms with Crippen LogP contribution in [-0.2, 0) is 0 Å². The second-order valence-electron chi connectivity index (χ2n) is 5.77. The lowest BCUT2D eigenvalue weighted by molar-refractivity contribution is 0.291. The van der Waals surface area contributed by atoms with E-state index < -0.39 is 0 Å². The molecule has 0 saturated heterocycles. The number of nitrogens with zero attached hydrogens (tertiary/aromatic N) is 1. The van der Waals surface area contributed by atoms with Crippen molar-refractivity contribution in [3.05, 3.63) is 53.9 Å². The average Bonchev–Trinajstić information content (AvgIpc) is 2.68. The van der Waals surface area contributed by atoms with E-state index in [1.165, 1.54) is 0 Å². The maximum atomic E-state index is 9.04. The lowest BCUT2D eigenvalue weighted by atomic mass is 10.1. The number of benzene rings is 2. The molecule has 1 aromatic heterocycles. The van der Waals surface area contributed by atoms with E-state index in [9.17, 15) is 0 Å². The summed E-state index contributed by atoms with van der Waals surface area (Å²) in [6.07, 6.45) is 0.622. The first kappa shape index (κ1) is 18.0. The van der Waals surface area contributed by atoms with Gasteiger partial charge in [0.25, 0.3) is 0 Å². The van der Waals surface area contributed by atoms with Gasteiger partial charge >= 0.3 is 0 Å². The maximum Gasteiger partial charge on any atom is 0.137 e. The van der Waals surface area contributed by atoms with Crippen LogP contribution in [0.4, 0.5) is 0 Å². The van der Waals surface area contributed by atoms with E-state index in [0.29, 0.717) is 19.6 Å². The minimum absolute atomic E-state index is 0.119. The van der Waals surface area contributed by atoms with E-state index in [0.717, 1.165) is 39.1 Å². The highest BCUT2D eigenvalue weighted by atomic mass is 16.5. The van der Waals surface area contributed by atoms with Gasteiger partial charge in [-0.25, -0.2) is 0 Å². The van der Waals surface area contributed by atoms with E-state index >= 15 is 0 Å². The molecular formula is C21H23NO4. The first-order chi connectivity index (χ1) is 12.7. The molecule has 3 rings (SSSR count). The van der Waals surface area contributed by atoms with Crippen molar-refractivity contribution in [2.24, 2.45) is 4.99 Å². The summed E-state index contributed by atoms with van der Waals surface area (Å²) in [5.74, 6) is 2.31. The maximum absolute atomic E-state index is 9.04. The lowest BCUT2D eigenvalue weighted by Gasteiger charge is -2.08. The van der Waals surface area contributed by atoms with Gasteiger partial charge in [0.15, 0.2) is 0 Å². The quantitative estimate of drug-likeness (QED) is 0.657. The van der Waals surface area contributed by atoms with Gasteiger partial charge in [-0.1, -0.05) is 0 Å². The van der Waals surface area contributed by atoms with Crippen LogP contribution in [-0.4, -0.2) is 32.0 Å². The zero-order valence-electron chi connectivity index (χ0n) is 15.1. The summed E-state index contributed by atoms with van der Waals surface area (Å²) in [6, 6.07) is 15.4. The number of ether oxygens (including phenoxy) is 2. The molecule has 0 spiro atoms. The van der Waals surface area contributed by atoms with Gasteiger partial charge in [-0.2, -0.15) is 0 Å². The highest BCUT2D eigenvalue weighted by Gasteiger charge is 2.08. The summed E-state index contributed by atoms with van der Waals surface area (Å²) in [5.41, 5.74) is 1.68. The monoisotopic (exact) mass is 353 g/mol. The predicted molar refractivity (Wildman–Crippen MR) is 102 cm³/mol. The molecule has 0 aliphatic rings. The van der Waals surface area contributed by atoms with Crippen molar-refractivity contribution < 1.29 is 19.0 Å². The number of aliphatic hydroxyl groups excluding tert-OH is 1. The van der Waals surface area contributed by atoms with Crippen LogP contribution < -0.4 is 14.8 Å². The Balaban J connectivity index is 2.12.